The van der Waals surface area contributed by atoms with Gasteiger partial charge in [-0.2, -0.15) is 0 Å². The Hall–Kier alpha value is -6.18. The molecule has 0 saturated heterocycles. The van der Waals surface area contributed by atoms with Crippen LogP contribution in [0.3, 0.4) is 0 Å². The van der Waals surface area contributed by atoms with Crippen molar-refractivity contribution in [2.75, 3.05) is 4.90 Å². The minimum atomic E-state index is 0.165. The van der Waals surface area contributed by atoms with Crippen LogP contribution in [-0.4, -0.2) is 0 Å². The maximum atomic E-state index is 2.49. The predicted octanol–water partition coefficient (Wildman–Crippen LogP) is 15.5. The standard InChI is InChI=1S/C54H45N/c1-53(2)30-31-54(3,4)51-35-40-32-39(23-22-38(40)34-50(51)53)43-16-12-13-21-52(43)55(41-14-6-5-7-15-41)42-27-24-36(25-28-42)37-26-29-48-46-19-9-8-17-44(46)45-18-10-11-20-47(45)49(48)33-37/h5-29,32-35H,30-31H2,1-4H3. The molecule has 0 radical (unpaired) electrons. The first kappa shape index (κ1) is 33.4. The average Bonchev–Trinajstić information content (AvgIpc) is 3.23. The molecule has 0 aromatic heterocycles. The first-order chi connectivity index (χ1) is 26.7. The van der Waals surface area contributed by atoms with Crippen molar-refractivity contribution >= 4 is 60.2 Å². The van der Waals surface area contributed by atoms with Gasteiger partial charge in [0.1, 0.15) is 0 Å². The van der Waals surface area contributed by atoms with Crippen molar-refractivity contribution in [3.05, 3.63) is 187 Å². The van der Waals surface area contributed by atoms with Gasteiger partial charge in [-0.1, -0.05) is 161 Å². The molecule has 9 aromatic carbocycles. The van der Waals surface area contributed by atoms with Crippen molar-refractivity contribution in [1.82, 2.24) is 0 Å². The van der Waals surface area contributed by atoms with Crippen LogP contribution in [0.5, 0.6) is 0 Å². The highest BCUT2D eigenvalue weighted by molar-refractivity contribution is 6.25. The Balaban J connectivity index is 1.07. The number of benzene rings is 9. The molecule has 1 aliphatic rings. The van der Waals surface area contributed by atoms with E-state index in [0.29, 0.717) is 0 Å². The number of anilines is 3. The third-order valence-corrected chi connectivity index (χ3v) is 12.5. The van der Waals surface area contributed by atoms with Crippen LogP contribution < -0.4 is 4.90 Å². The molecule has 10 rings (SSSR count). The SMILES string of the molecule is CC1(C)CCC(C)(C)c2cc3cc(-c4ccccc4N(c4ccccc4)c4ccc(-c5ccc6c7ccccc7c7ccccc7c6c5)cc4)ccc3cc21. The normalized spacial score (nSPS) is 14.7. The highest BCUT2D eigenvalue weighted by atomic mass is 15.1. The Kier molecular flexibility index (Phi) is 7.72. The van der Waals surface area contributed by atoms with Crippen LogP contribution in [0.25, 0.3) is 65.3 Å². The zero-order chi connectivity index (χ0) is 37.3. The highest BCUT2D eigenvalue weighted by Crippen LogP contribution is 2.48. The van der Waals surface area contributed by atoms with Gasteiger partial charge in [-0.25, -0.2) is 0 Å². The lowest BCUT2D eigenvalue weighted by molar-refractivity contribution is 0.332. The van der Waals surface area contributed by atoms with Crippen molar-refractivity contribution < 1.29 is 0 Å². The molecule has 9 aromatic rings. The van der Waals surface area contributed by atoms with E-state index in [-0.39, 0.29) is 10.8 Å². The minimum Gasteiger partial charge on any atom is -0.310 e. The van der Waals surface area contributed by atoms with Crippen molar-refractivity contribution in [2.45, 2.75) is 51.4 Å². The molecule has 0 spiro atoms. The maximum Gasteiger partial charge on any atom is 0.0540 e. The second-order valence-electron chi connectivity index (χ2n) is 16.8. The molecule has 0 aliphatic heterocycles. The Morgan fingerprint density at radius 2 is 0.855 bits per heavy atom. The molecule has 0 amide bonds. The molecule has 1 aliphatic carbocycles. The van der Waals surface area contributed by atoms with Crippen LogP contribution in [0.4, 0.5) is 17.1 Å². The highest BCUT2D eigenvalue weighted by Gasteiger charge is 2.37. The molecule has 0 unspecified atom stereocenters. The molecule has 0 heterocycles. The third-order valence-electron chi connectivity index (χ3n) is 12.5. The van der Waals surface area contributed by atoms with E-state index in [1.807, 2.05) is 0 Å². The molecule has 55 heavy (non-hydrogen) atoms. The van der Waals surface area contributed by atoms with Gasteiger partial charge in [0.05, 0.1) is 5.69 Å². The van der Waals surface area contributed by atoms with Gasteiger partial charge in [0, 0.05) is 16.9 Å². The number of hydrogen-bond acceptors (Lipinski definition) is 1. The summed E-state index contributed by atoms with van der Waals surface area (Å²) in [7, 11) is 0. The molecule has 0 atom stereocenters. The number of fused-ring (bicyclic) bond motifs is 8. The van der Waals surface area contributed by atoms with Gasteiger partial charge in [0.25, 0.3) is 0 Å². The number of nitrogens with zero attached hydrogens (tertiary/aromatic N) is 1. The van der Waals surface area contributed by atoms with Crippen LogP contribution in [0.1, 0.15) is 51.7 Å². The van der Waals surface area contributed by atoms with E-state index in [1.165, 1.54) is 89.3 Å². The zero-order valence-corrected chi connectivity index (χ0v) is 32.1. The molecule has 1 nitrogen and oxygen atoms in total. The number of para-hydroxylation sites is 2. The van der Waals surface area contributed by atoms with E-state index < -0.39 is 0 Å². The van der Waals surface area contributed by atoms with Crippen LogP contribution in [-0.2, 0) is 10.8 Å². The van der Waals surface area contributed by atoms with Gasteiger partial charge in [-0.3, -0.25) is 0 Å². The maximum absolute atomic E-state index is 2.49. The first-order valence-electron chi connectivity index (χ1n) is 19.7. The first-order valence-corrected chi connectivity index (χ1v) is 19.7. The van der Waals surface area contributed by atoms with Crippen LogP contribution in [0.15, 0.2) is 176 Å². The molecule has 0 saturated carbocycles. The molecule has 0 N–H and O–H groups in total. The summed E-state index contributed by atoms with van der Waals surface area (Å²) < 4.78 is 0. The van der Waals surface area contributed by atoms with Gasteiger partial charge < -0.3 is 4.90 Å². The Bertz CT molecular complexity index is 2880. The van der Waals surface area contributed by atoms with E-state index in [2.05, 4.69) is 209 Å². The molecule has 266 valence electrons. The van der Waals surface area contributed by atoms with Crippen LogP contribution >= 0.6 is 0 Å². The Labute approximate surface area is 324 Å². The van der Waals surface area contributed by atoms with Crippen molar-refractivity contribution in [2.24, 2.45) is 0 Å². The van der Waals surface area contributed by atoms with Gasteiger partial charge in [-0.05, 0) is 137 Å². The van der Waals surface area contributed by atoms with E-state index >= 15 is 0 Å². The fourth-order valence-corrected chi connectivity index (χ4v) is 9.29. The third kappa shape index (κ3) is 5.61. The second-order valence-corrected chi connectivity index (χ2v) is 16.8. The second kappa shape index (κ2) is 12.7. The summed E-state index contributed by atoms with van der Waals surface area (Å²) in [6.07, 6.45) is 2.43. The summed E-state index contributed by atoms with van der Waals surface area (Å²) in [4.78, 5) is 2.40. The fourth-order valence-electron chi connectivity index (χ4n) is 9.29. The molecule has 0 bridgehead atoms. The smallest absolute Gasteiger partial charge is 0.0540 e. The van der Waals surface area contributed by atoms with Crippen LogP contribution in [0.2, 0.25) is 0 Å². The van der Waals surface area contributed by atoms with Crippen molar-refractivity contribution in [3.63, 3.8) is 0 Å². The fraction of sp³-hybridized carbons (Fsp3) is 0.148. The summed E-state index contributed by atoms with van der Waals surface area (Å²) in [5.74, 6) is 0. The van der Waals surface area contributed by atoms with Gasteiger partial charge in [0.2, 0.25) is 0 Å². The predicted molar refractivity (Wildman–Crippen MR) is 237 cm³/mol. The van der Waals surface area contributed by atoms with E-state index in [4.69, 9.17) is 0 Å². The number of hydrogen-bond donors (Lipinski definition) is 0. The summed E-state index contributed by atoms with van der Waals surface area (Å²) in [6, 6.07) is 65.3. The lowest BCUT2D eigenvalue weighted by Crippen LogP contribution is -2.33. The van der Waals surface area contributed by atoms with E-state index in [9.17, 15) is 0 Å². The molecule has 1 heteroatoms. The topological polar surface area (TPSA) is 3.24 Å². The Morgan fingerprint density at radius 1 is 0.364 bits per heavy atom. The van der Waals surface area contributed by atoms with E-state index in [1.54, 1.807) is 0 Å². The molecule has 0 fully saturated rings. The van der Waals surface area contributed by atoms with Gasteiger partial charge in [0.15, 0.2) is 0 Å². The van der Waals surface area contributed by atoms with Crippen molar-refractivity contribution in [3.8, 4) is 22.3 Å². The van der Waals surface area contributed by atoms with Crippen LogP contribution in [0, 0.1) is 0 Å². The lowest BCUT2D eigenvalue weighted by Gasteiger charge is -2.42. The summed E-state index contributed by atoms with van der Waals surface area (Å²) in [5, 5.41) is 10.4. The van der Waals surface area contributed by atoms with E-state index in [0.717, 1.165) is 17.1 Å². The van der Waals surface area contributed by atoms with Gasteiger partial charge in [-0.15, -0.1) is 0 Å². The summed E-state index contributed by atoms with van der Waals surface area (Å²) in [5.41, 5.74) is 11.6. The molecular weight excluding hydrogens is 663 g/mol. The monoisotopic (exact) mass is 707 g/mol. The summed E-state index contributed by atoms with van der Waals surface area (Å²) in [6.45, 7) is 9.65. The van der Waals surface area contributed by atoms with Crippen molar-refractivity contribution in [1.29, 1.82) is 0 Å². The zero-order valence-electron chi connectivity index (χ0n) is 32.1. The molecular formula is C54H45N. The Morgan fingerprint density at radius 3 is 1.51 bits per heavy atom. The largest absolute Gasteiger partial charge is 0.310 e. The summed E-state index contributed by atoms with van der Waals surface area (Å²) >= 11 is 0. The number of rotatable bonds is 5. The quantitative estimate of drug-likeness (QED) is 0.161. The average molecular weight is 708 g/mol. The minimum absolute atomic E-state index is 0.165. The lowest BCUT2D eigenvalue weighted by atomic mass is 9.63. The van der Waals surface area contributed by atoms with Gasteiger partial charge >= 0.3 is 0 Å².